The fourth-order valence-corrected chi connectivity index (χ4v) is 3.32. The molecule has 1 aromatic heterocycles. The number of nitrogens with one attached hydrogen (secondary N) is 3. The van der Waals surface area contributed by atoms with Crippen LogP contribution in [0.4, 0.5) is 11.4 Å². The van der Waals surface area contributed by atoms with Gasteiger partial charge in [-0.1, -0.05) is 22.0 Å². The molecule has 0 saturated carbocycles. The molecule has 21 heavy (non-hydrogen) atoms. The lowest BCUT2D eigenvalue weighted by molar-refractivity contribution is -0.116. The molecule has 0 aliphatic carbocycles. The minimum absolute atomic E-state index is 0.0361. The molecule has 1 unspecified atom stereocenters. The fourth-order valence-electron chi connectivity index (χ4n) is 2.72. The summed E-state index contributed by atoms with van der Waals surface area (Å²) in [5.74, 6) is -0.0361. The molecule has 2 heterocycles. The third-order valence-corrected chi connectivity index (χ3v) is 4.42. The summed E-state index contributed by atoms with van der Waals surface area (Å²) in [4.78, 5) is 15.4. The van der Waals surface area contributed by atoms with Crippen LogP contribution in [0.3, 0.4) is 0 Å². The van der Waals surface area contributed by atoms with Crippen molar-refractivity contribution in [1.82, 2.24) is 4.98 Å². The summed E-state index contributed by atoms with van der Waals surface area (Å²) < 4.78 is 0.929. The Hall–Kier alpha value is -2.27. The van der Waals surface area contributed by atoms with Crippen LogP contribution in [0.25, 0.3) is 10.9 Å². The first-order chi connectivity index (χ1) is 10.2. The lowest BCUT2D eigenvalue weighted by Crippen LogP contribution is -2.19. The highest BCUT2D eigenvalue weighted by molar-refractivity contribution is 9.10. The zero-order chi connectivity index (χ0) is 14.4. The van der Waals surface area contributed by atoms with E-state index in [4.69, 9.17) is 0 Å². The van der Waals surface area contributed by atoms with Crippen molar-refractivity contribution in [3.8, 4) is 0 Å². The van der Waals surface area contributed by atoms with Gasteiger partial charge in [-0.25, -0.2) is 0 Å². The summed E-state index contributed by atoms with van der Waals surface area (Å²) in [6, 6.07) is 13.4. The van der Waals surface area contributed by atoms with Gasteiger partial charge in [0.25, 0.3) is 5.91 Å². The lowest BCUT2D eigenvalue weighted by atomic mass is 10.1. The standard InChI is InChI=1S/C16H12BrN3O/c17-11-2-1-3-13-14(11)15(16(21)20-13)19-10-4-5-12-9(8-10)6-7-18-12/h1-8,15,18-19H,(H,20,21). The maximum atomic E-state index is 12.2. The van der Waals surface area contributed by atoms with Crippen LogP contribution in [0.1, 0.15) is 11.6 Å². The Bertz CT molecular complexity index is 856. The molecule has 4 rings (SSSR count). The van der Waals surface area contributed by atoms with Crippen molar-refractivity contribution in [2.24, 2.45) is 0 Å². The van der Waals surface area contributed by atoms with Crippen molar-refractivity contribution in [2.75, 3.05) is 10.6 Å². The smallest absolute Gasteiger partial charge is 0.251 e. The number of fused-ring (bicyclic) bond motifs is 2. The topological polar surface area (TPSA) is 56.9 Å². The van der Waals surface area contributed by atoms with Gasteiger partial charge in [-0.05, 0) is 36.4 Å². The number of benzene rings is 2. The molecule has 3 aromatic rings. The molecule has 4 nitrogen and oxygen atoms in total. The van der Waals surface area contributed by atoms with Gasteiger partial charge in [0, 0.05) is 38.5 Å². The zero-order valence-electron chi connectivity index (χ0n) is 11.0. The fraction of sp³-hybridized carbons (Fsp3) is 0.0625. The number of rotatable bonds is 2. The number of carbonyl (C=O) groups excluding carboxylic acids is 1. The van der Waals surface area contributed by atoms with Crippen LogP contribution in [0.15, 0.2) is 53.1 Å². The Morgan fingerprint density at radius 2 is 2.05 bits per heavy atom. The molecule has 2 aromatic carbocycles. The zero-order valence-corrected chi connectivity index (χ0v) is 12.6. The van der Waals surface area contributed by atoms with E-state index in [1.807, 2.05) is 48.7 Å². The summed E-state index contributed by atoms with van der Waals surface area (Å²) >= 11 is 3.52. The quantitative estimate of drug-likeness (QED) is 0.658. The van der Waals surface area contributed by atoms with Crippen LogP contribution < -0.4 is 10.6 Å². The van der Waals surface area contributed by atoms with E-state index in [0.717, 1.165) is 32.3 Å². The van der Waals surface area contributed by atoms with Crippen molar-refractivity contribution in [2.45, 2.75) is 6.04 Å². The Balaban J connectivity index is 1.73. The number of aromatic amines is 1. The highest BCUT2D eigenvalue weighted by atomic mass is 79.9. The molecule has 1 amide bonds. The average molecular weight is 342 g/mol. The van der Waals surface area contributed by atoms with Crippen LogP contribution >= 0.6 is 15.9 Å². The summed E-state index contributed by atoms with van der Waals surface area (Å²) in [5, 5.41) is 7.33. The molecule has 0 spiro atoms. The number of amides is 1. The van der Waals surface area contributed by atoms with Crippen molar-refractivity contribution >= 4 is 44.1 Å². The molecule has 1 aliphatic rings. The van der Waals surface area contributed by atoms with Crippen LogP contribution in [0, 0.1) is 0 Å². The van der Waals surface area contributed by atoms with E-state index in [0.29, 0.717) is 0 Å². The predicted octanol–water partition coefficient (Wildman–Crippen LogP) is 4.04. The molecule has 1 aliphatic heterocycles. The number of hydrogen-bond acceptors (Lipinski definition) is 2. The molecular weight excluding hydrogens is 330 g/mol. The molecule has 3 N–H and O–H groups in total. The Morgan fingerprint density at radius 1 is 1.14 bits per heavy atom. The van der Waals surface area contributed by atoms with Gasteiger partial charge in [0.1, 0.15) is 6.04 Å². The monoisotopic (exact) mass is 341 g/mol. The van der Waals surface area contributed by atoms with Gasteiger partial charge in [0.15, 0.2) is 0 Å². The summed E-state index contributed by atoms with van der Waals surface area (Å²) in [7, 11) is 0. The number of H-pyrrole nitrogens is 1. The van der Waals surface area contributed by atoms with Gasteiger partial charge in [0.05, 0.1) is 0 Å². The highest BCUT2D eigenvalue weighted by Crippen LogP contribution is 2.38. The maximum Gasteiger partial charge on any atom is 0.251 e. The second-order valence-electron chi connectivity index (χ2n) is 5.05. The number of aromatic nitrogens is 1. The Morgan fingerprint density at radius 3 is 2.95 bits per heavy atom. The maximum absolute atomic E-state index is 12.2. The Kier molecular flexibility index (Phi) is 2.75. The molecule has 0 radical (unpaired) electrons. The van der Waals surface area contributed by atoms with Crippen molar-refractivity contribution in [1.29, 1.82) is 0 Å². The normalized spacial score (nSPS) is 16.8. The van der Waals surface area contributed by atoms with Gasteiger partial charge in [-0.15, -0.1) is 0 Å². The SMILES string of the molecule is O=C1Nc2cccc(Br)c2C1Nc1ccc2[nH]ccc2c1. The summed E-state index contributed by atoms with van der Waals surface area (Å²) in [5.41, 5.74) is 3.81. The average Bonchev–Trinajstić information content (AvgIpc) is 3.04. The van der Waals surface area contributed by atoms with E-state index >= 15 is 0 Å². The molecular formula is C16H12BrN3O. The van der Waals surface area contributed by atoms with E-state index in [-0.39, 0.29) is 11.9 Å². The van der Waals surface area contributed by atoms with E-state index < -0.39 is 0 Å². The van der Waals surface area contributed by atoms with Crippen LogP contribution in [0.5, 0.6) is 0 Å². The van der Waals surface area contributed by atoms with Crippen molar-refractivity contribution in [3.05, 3.63) is 58.7 Å². The number of halogens is 1. The molecule has 5 heteroatoms. The van der Waals surface area contributed by atoms with Crippen LogP contribution in [-0.4, -0.2) is 10.9 Å². The van der Waals surface area contributed by atoms with Crippen molar-refractivity contribution < 1.29 is 4.79 Å². The second-order valence-corrected chi connectivity index (χ2v) is 5.90. The second kappa shape index (κ2) is 4.63. The summed E-state index contributed by atoms with van der Waals surface area (Å²) in [6.07, 6.45) is 1.91. The van der Waals surface area contributed by atoms with Crippen LogP contribution in [0.2, 0.25) is 0 Å². The van der Waals surface area contributed by atoms with Gasteiger partial charge >= 0.3 is 0 Å². The van der Waals surface area contributed by atoms with Gasteiger partial charge in [-0.3, -0.25) is 4.79 Å². The van der Waals surface area contributed by atoms with Gasteiger partial charge in [0.2, 0.25) is 0 Å². The number of carbonyl (C=O) groups is 1. The number of hydrogen-bond donors (Lipinski definition) is 3. The minimum atomic E-state index is -0.382. The van der Waals surface area contributed by atoms with Gasteiger partial charge in [-0.2, -0.15) is 0 Å². The lowest BCUT2D eigenvalue weighted by Gasteiger charge is -2.14. The van der Waals surface area contributed by atoms with Gasteiger partial charge < -0.3 is 15.6 Å². The molecule has 0 fully saturated rings. The number of anilines is 2. The molecule has 0 bridgehead atoms. The van der Waals surface area contributed by atoms with Crippen molar-refractivity contribution in [3.63, 3.8) is 0 Å². The van der Waals surface area contributed by atoms with E-state index in [9.17, 15) is 4.79 Å². The summed E-state index contributed by atoms with van der Waals surface area (Å²) in [6.45, 7) is 0. The Labute approximate surface area is 129 Å². The third kappa shape index (κ3) is 2.01. The molecule has 104 valence electrons. The minimum Gasteiger partial charge on any atom is -0.370 e. The largest absolute Gasteiger partial charge is 0.370 e. The van der Waals surface area contributed by atoms with E-state index in [1.54, 1.807) is 0 Å². The predicted molar refractivity (Wildman–Crippen MR) is 87.4 cm³/mol. The first kappa shape index (κ1) is 12.5. The highest BCUT2D eigenvalue weighted by Gasteiger charge is 2.32. The first-order valence-electron chi connectivity index (χ1n) is 6.65. The first-order valence-corrected chi connectivity index (χ1v) is 7.44. The molecule has 1 atom stereocenters. The molecule has 0 saturated heterocycles. The van der Waals surface area contributed by atoms with E-state index in [2.05, 4.69) is 31.5 Å². The van der Waals surface area contributed by atoms with Crippen LogP contribution in [-0.2, 0) is 4.79 Å². The van der Waals surface area contributed by atoms with E-state index in [1.165, 1.54) is 0 Å². The third-order valence-electron chi connectivity index (χ3n) is 3.73.